The van der Waals surface area contributed by atoms with Crippen molar-refractivity contribution in [1.29, 1.82) is 0 Å². The molecule has 1 atom stereocenters. The summed E-state index contributed by atoms with van der Waals surface area (Å²) < 4.78 is 13.5. The molecule has 1 aliphatic rings. The average Bonchev–Trinajstić information content (AvgIpc) is 2.97. The van der Waals surface area contributed by atoms with E-state index < -0.39 is 5.82 Å². The SMILES string of the molecule is N[C@H](c1ccc(Br)c(F)c1O)C1CC1. The fourth-order valence-corrected chi connectivity index (χ4v) is 1.85. The second-order valence-corrected chi connectivity index (χ2v) is 4.52. The van der Waals surface area contributed by atoms with E-state index >= 15 is 0 Å². The predicted molar refractivity (Wildman–Crippen MR) is 55.4 cm³/mol. The van der Waals surface area contributed by atoms with Crippen molar-refractivity contribution >= 4 is 15.9 Å². The number of halogens is 2. The van der Waals surface area contributed by atoms with Gasteiger partial charge in [0.25, 0.3) is 0 Å². The van der Waals surface area contributed by atoms with Gasteiger partial charge in [-0.2, -0.15) is 0 Å². The molecule has 0 unspecified atom stereocenters. The molecule has 0 bridgehead atoms. The van der Waals surface area contributed by atoms with Crippen molar-refractivity contribution in [2.75, 3.05) is 0 Å². The summed E-state index contributed by atoms with van der Waals surface area (Å²) in [6.45, 7) is 0. The lowest BCUT2D eigenvalue weighted by Gasteiger charge is -2.13. The molecule has 14 heavy (non-hydrogen) atoms. The lowest BCUT2D eigenvalue weighted by atomic mass is 10.0. The Labute approximate surface area is 90.1 Å². The molecule has 4 heteroatoms. The molecule has 0 aliphatic heterocycles. The molecule has 0 aromatic heterocycles. The summed E-state index contributed by atoms with van der Waals surface area (Å²) in [6.07, 6.45) is 2.14. The van der Waals surface area contributed by atoms with Gasteiger partial charge in [0.2, 0.25) is 0 Å². The average molecular weight is 260 g/mol. The van der Waals surface area contributed by atoms with Gasteiger partial charge in [-0.25, -0.2) is 4.39 Å². The quantitative estimate of drug-likeness (QED) is 0.858. The molecule has 0 radical (unpaired) electrons. The van der Waals surface area contributed by atoms with Gasteiger partial charge in [-0.1, -0.05) is 6.07 Å². The molecule has 1 saturated carbocycles. The highest BCUT2D eigenvalue weighted by atomic mass is 79.9. The molecule has 2 rings (SSSR count). The summed E-state index contributed by atoms with van der Waals surface area (Å²) in [5.41, 5.74) is 6.39. The number of nitrogens with two attached hydrogens (primary N) is 1. The van der Waals surface area contributed by atoms with E-state index in [2.05, 4.69) is 15.9 Å². The molecule has 1 aliphatic carbocycles. The zero-order valence-electron chi connectivity index (χ0n) is 7.50. The maximum absolute atomic E-state index is 13.3. The van der Waals surface area contributed by atoms with Crippen LogP contribution in [0, 0.1) is 11.7 Å². The molecule has 1 aromatic carbocycles. The first-order chi connectivity index (χ1) is 6.61. The topological polar surface area (TPSA) is 46.2 Å². The fourth-order valence-electron chi connectivity index (χ4n) is 1.53. The van der Waals surface area contributed by atoms with Crippen molar-refractivity contribution < 1.29 is 9.50 Å². The van der Waals surface area contributed by atoms with Crippen LogP contribution in [0.1, 0.15) is 24.4 Å². The van der Waals surface area contributed by atoms with Crippen molar-refractivity contribution in [2.45, 2.75) is 18.9 Å². The van der Waals surface area contributed by atoms with Crippen molar-refractivity contribution in [3.8, 4) is 5.75 Å². The van der Waals surface area contributed by atoms with Crippen LogP contribution in [0.5, 0.6) is 5.75 Å². The molecule has 0 heterocycles. The summed E-state index contributed by atoms with van der Waals surface area (Å²) in [5, 5.41) is 9.54. The Morgan fingerprint density at radius 2 is 2.14 bits per heavy atom. The number of rotatable bonds is 2. The number of aromatic hydroxyl groups is 1. The van der Waals surface area contributed by atoms with Crippen LogP contribution in [0.3, 0.4) is 0 Å². The van der Waals surface area contributed by atoms with E-state index in [1.165, 1.54) is 0 Å². The Balaban J connectivity index is 2.38. The highest BCUT2D eigenvalue weighted by Crippen LogP contribution is 2.43. The van der Waals surface area contributed by atoms with E-state index in [9.17, 15) is 9.50 Å². The van der Waals surface area contributed by atoms with Gasteiger partial charge in [-0.3, -0.25) is 0 Å². The van der Waals surface area contributed by atoms with E-state index in [1.54, 1.807) is 12.1 Å². The number of phenols is 1. The fraction of sp³-hybridized carbons (Fsp3) is 0.400. The van der Waals surface area contributed by atoms with Gasteiger partial charge in [0.1, 0.15) is 0 Å². The monoisotopic (exact) mass is 259 g/mol. The van der Waals surface area contributed by atoms with Gasteiger partial charge in [0.15, 0.2) is 11.6 Å². The molecular weight excluding hydrogens is 249 g/mol. The summed E-state index contributed by atoms with van der Waals surface area (Å²) in [7, 11) is 0. The van der Waals surface area contributed by atoms with Crippen LogP contribution < -0.4 is 5.73 Å². The molecule has 76 valence electrons. The molecule has 1 aromatic rings. The zero-order valence-corrected chi connectivity index (χ0v) is 9.09. The van der Waals surface area contributed by atoms with Crippen LogP contribution in [0.15, 0.2) is 16.6 Å². The van der Waals surface area contributed by atoms with Crippen molar-refractivity contribution in [3.63, 3.8) is 0 Å². The standard InChI is InChI=1S/C10H11BrFNO/c11-7-4-3-6(10(14)8(7)12)9(13)5-1-2-5/h3-5,9,14H,1-2,13H2/t9-/m0/s1. The van der Waals surface area contributed by atoms with E-state index in [1.807, 2.05) is 0 Å². The maximum atomic E-state index is 13.3. The first-order valence-electron chi connectivity index (χ1n) is 4.53. The molecule has 0 spiro atoms. The summed E-state index contributed by atoms with van der Waals surface area (Å²) in [5.74, 6) is -0.543. The van der Waals surface area contributed by atoms with Crippen LogP contribution >= 0.6 is 15.9 Å². The molecule has 2 nitrogen and oxygen atoms in total. The van der Waals surface area contributed by atoms with Crippen LogP contribution in [0.2, 0.25) is 0 Å². The third-order valence-corrected chi connectivity index (χ3v) is 3.20. The summed E-state index contributed by atoms with van der Waals surface area (Å²) in [4.78, 5) is 0. The van der Waals surface area contributed by atoms with Crippen molar-refractivity contribution in [1.82, 2.24) is 0 Å². The van der Waals surface area contributed by atoms with Gasteiger partial charge < -0.3 is 10.8 Å². The Morgan fingerprint density at radius 1 is 1.50 bits per heavy atom. The normalized spacial score (nSPS) is 18.2. The molecule has 1 fully saturated rings. The number of phenolic OH excluding ortho intramolecular Hbond substituents is 1. The van der Waals surface area contributed by atoms with Gasteiger partial charge >= 0.3 is 0 Å². The number of benzene rings is 1. The second-order valence-electron chi connectivity index (χ2n) is 3.66. The number of hydrogen-bond donors (Lipinski definition) is 2. The third-order valence-electron chi connectivity index (χ3n) is 2.59. The molecular formula is C10H11BrFNO. The first kappa shape index (κ1) is 9.93. The predicted octanol–water partition coefficient (Wildman–Crippen LogP) is 2.70. The van der Waals surface area contributed by atoms with Gasteiger partial charge in [-0.05, 0) is 40.8 Å². The van der Waals surface area contributed by atoms with Gasteiger partial charge in [-0.15, -0.1) is 0 Å². The van der Waals surface area contributed by atoms with E-state index in [0.717, 1.165) is 12.8 Å². The van der Waals surface area contributed by atoms with Gasteiger partial charge in [0.05, 0.1) is 4.47 Å². The number of hydrogen-bond acceptors (Lipinski definition) is 2. The van der Waals surface area contributed by atoms with Crippen LogP contribution in [-0.2, 0) is 0 Å². The van der Waals surface area contributed by atoms with E-state index in [-0.39, 0.29) is 16.3 Å². The highest BCUT2D eigenvalue weighted by Gasteiger charge is 2.31. The largest absolute Gasteiger partial charge is 0.505 e. The molecule has 0 amide bonds. The second kappa shape index (κ2) is 3.51. The molecule has 0 saturated heterocycles. The van der Waals surface area contributed by atoms with Crippen LogP contribution in [-0.4, -0.2) is 5.11 Å². The smallest absolute Gasteiger partial charge is 0.179 e. The van der Waals surface area contributed by atoms with Crippen molar-refractivity contribution in [2.24, 2.45) is 11.7 Å². The molecule has 3 N–H and O–H groups in total. The lowest BCUT2D eigenvalue weighted by molar-refractivity contribution is 0.415. The Kier molecular flexibility index (Phi) is 2.49. The Bertz CT molecular complexity index is 365. The van der Waals surface area contributed by atoms with Crippen LogP contribution in [0.25, 0.3) is 0 Å². The van der Waals surface area contributed by atoms with E-state index in [0.29, 0.717) is 11.5 Å². The van der Waals surface area contributed by atoms with Crippen LogP contribution in [0.4, 0.5) is 4.39 Å². The van der Waals surface area contributed by atoms with Gasteiger partial charge in [0, 0.05) is 11.6 Å². The summed E-state index contributed by atoms with van der Waals surface area (Å²) >= 11 is 3.01. The minimum absolute atomic E-state index is 0.238. The third kappa shape index (κ3) is 1.64. The van der Waals surface area contributed by atoms with Crippen molar-refractivity contribution in [3.05, 3.63) is 28.0 Å². The van der Waals surface area contributed by atoms with E-state index in [4.69, 9.17) is 5.73 Å². The lowest BCUT2D eigenvalue weighted by Crippen LogP contribution is -2.12. The Morgan fingerprint density at radius 3 is 2.71 bits per heavy atom. The first-order valence-corrected chi connectivity index (χ1v) is 5.33. The maximum Gasteiger partial charge on any atom is 0.179 e. The minimum Gasteiger partial charge on any atom is -0.505 e. The highest BCUT2D eigenvalue weighted by molar-refractivity contribution is 9.10. The minimum atomic E-state index is -0.626. The summed E-state index contributed by atoms with van der Waals surface area (Å²) in [6, 6.07) is 3.01. The zero-order chi connectivity index (χ0) is 10.3. The Hall–Kier alpha value is -0.610.